The van der Waals surface area contributed by atoms with E-state index in [4.69, 9.17) is 4.42 Å². The summed E-state index contributed by atoms with van der Waals surface area (Å²) in [6.07, 6.45) is 1.97. The molecule has 0 saturated heterocycles. The number of hydrogen-bond donors (Lipinski definition) is 2. The van der Waals surface area contributed by atoms with Gasteiger partial charge in [0.15, 0.2) is 15.6 Å². The number of carbonyl (C=O) groups excluding carboxylic acids is 2. The lowest BCUT2D eigenvalue weighted by Crippen LogP contribution is -2.14. The molecule has 2 aromatic heterocycles. The van der Waals surface area contributed by atoms with Gasteiger partial charge in [0.05, 0.1) is 9.90 Å². The molecule has 134 valence electrons. The molecule has 0 aliphatic carbocycles. The maximum Gasteiger partial charge on any atom is 0.291 e. The number of nitrogens with one attached hydrogen (secondary N) is 2. The molecule has 3 aromatic rings. The minimum absolute atomic E-state index is 0.176. The Morgan fingerprint density at radius 1 is 1.19 bits per heavy atom. The van der Waals surface area contributed by atoms with E-state index in [-0.39, 0.29) is 11.7 Å². The number of anilines is 2. The zero-order valence-electron chi connectivity index (χ0n) is 13.8. The van der Waals surface area contributed by atoms with E-state index >= 15 is 0 Å². The number of thiazole rings is 1. The van der Waals surface area contributed by atoms with E-state index in [0.29, 0.717) is 21.1 Å². The van der Waals surface area contributed by atoms with E-state index in [2.05, 4.69) is 31.5 Å². The number of carbonyl (C=O) groups is 2. The minimum atomic E-state index is -0.395. The Morgan fingerprint density at radius 3 is 2.65 bits per heavy atom. The number of amides is 2. The van der Waals surface area contributed by atoms with Gasteiger partial charge in [0.2, 0.25) is 0 Å². The fourth-order valence-corrected chi connectivity index (χ4v) is 4.07. The first-order valence-corrected chi connectivity index (χ1v) is 10.3. The van der Waals surface area contributed by atoms with Gasteiger partial charge in [0.25, 0.3) is 11.8 Å². The maximum atomic E-state index is 12.4. The summed E-state index contributed by atoms with van der Waals surface area (Å²) in [5, 5.41) is 6.04. The minimum Gasteiger partial charge on any atom is -0.444 e. The lowest BCUT2D eigenvalue weighted by atomic mass is 10.2. The number of halogens is 1. The van der Waals surface area contributed by atoms with Crippen LogP contribution in [0.1, 0.15) is 26.6 Å². The third kappa shape index (κ3) is 4.35. The van der Waals surface area contributed by atoms with E-state index in [9.17, 15) is 9.59 Å². The SMILES string of the molecule is CSc1sc(NC(=O)c2cccc(NC(=O)c3ccc(Br)o3)c2)nc1C. The summed E-state index contributed by atoms with van der Waals surface area (Å²) in [6, 6.07) is 9.86. The number of thioether (sulfide) groups is 1. The maximum absolute atomic E-state index is 12.4. The van der Waals surface area contributed by atoms with Crippen molar-refractivity contribution >= 4 is 61.7 Å². The Kier molecular flexibility index (Phi) is 5.80. The van der Waals surface area contributed by atoms with Crippen LogP contribution in [0.5, 0.6) is 0 Å². The lowest BCUT2D eigenvalue weighted by Gasteiger charge is -2.06. The standard InChI is InChI=1S/C17H14BrN3O3S2/c1-9-16(25-2)26-17(19-9)21-14(22)10-4-3-5-11(8-10)20-15(23)12-6-7-13(18)24-12/h3-8H,1-2H3,(H,20,23)(H,19,21,22). The summed E-state index contributed by atoms with van der Waals surface area (Å²) in [5.41, 5.74) is 1.81. The van der Waals surface area contributed by atoms with E-state index in [1.165, 1.54) is 11.3 Å². The van der Waals surface area contributed by atoms with Gasteiger partial charge in [-0.15, -0.1) is 11.8 Å². The lowest BCUT2D eigenvalue weighted by molar-refractivity contribution is 0.0992. The second-order valence-electron chi connectivity index (χ2n) is 5.19. The Hall–Kier alpha value is -2.10. The molecule has 0 spiro atoms. The Morgan fingerprint density at radius 2 is 2.00 bits per heavy atom. The fraction of sp³-hybridized carbons (Fsp3) is 0.118. The van der Waals surface area contributed by atoms with Gasteiger partial charge in [-0.2, -0.15) is 0 Å². The molecule has 0 fully saturated rings. The van der Waals surface area contributed by atoms with Crippen molar-refractivity contribution in [2.45, 2.75) is 11.1 Å². The largest absolute Gasteiger partial charge is 0.444 e. The predicted octanol–water partition coefficient (Wildman–Crippen LogP) is 5.03. The van der Waals surface area contributed by atoms with Gasteiger partial charge in [-0.25, -0.2) is 4.98 Å². The second-order valence-corrected chi connectivity index (χ2v) is 8.04. The van der Waals surface area contributed by atoms with Crippen molar-refractivity contribution in [2.24, 2.45) is 0 Å². The fourth-order valence-electron chi connectivity index (χ4n) is 2.16. The van der Waals surface area contributed by atoms with Gasteiger partial charge < -0.3 is 9.73 Å². The van der Waals surface area contributed by atoms with E-state index < -0.39 is 5.91 Å². The van der Waals surface area contributed by atoms with Crippen LogP contribution in [0.3, 0.4) is 0 Å². The highest BCUT2D eigenvalue weighted by Gasteiger charge is 2.14. The van der Waals surface area contributed by atoms with Crippen molar-refractivity contribution in [2.75, 3.05) is 16.9 Å². The number of benzene rings is 1. The Labute approximate surface area is 166 Å². The first-order valence-electron chi connectivity index (χ1n) is 7.46. The normalized spacial score (nSPS) is 10.6. The molecular formula is C17H14BrN3O3S2. The number of aryl methyl sites for hydroxylation is 1. The van der Waals surface area contributed by atoms with Crippen molar-refractivity contribution in [1.29, 1.82) is 0 Å². The van der Waals surface area contributed by atoms with Gasteiger partial charge in [-0.3, -0.25) is 14.9 Å². The van der Waals surface area contributed by atoms with Crippen LogP contribution in [-0.4, -0.2) is 23.1 Å². The predicted molar refractivity (Wildman–Crippen MR) is 107 cm³/mol. The van der Waals surface area contributed by atoms with E-state index in [1.807, 2.05) is 13.2 Å². The number of nitrogens with zero attached hydrogens (tertiary/aromatic N) is 1. The van der Waals surface area contributed by atoms with Crippen LogP contribution in [0.2, 0.25) is 0 Å². The quantitative estimate of drug-likeness (QED) is 0.531. The van der Waals surface area contributed by atoms with Crippen LogP contribution in [0.4, 0.5) is 10.8 Å². The number of furan rings is 1. The molecule has 2 N–H and O–H groups in total. The van der Waals surface area contributed by atoms with Crippen LogP contribution < -0.4 is 10.6 Å². The molecule has 0 atom stereocenters. The first kappa shape index (κ1) is 18.7. The van der Waals surface area contributed by atoms with Crippen molar-refractivity contribution in [1.82, 2.24) is 4.98 Å². The summed E-state index contributed by atoms with van der Waals surface area (Å²) >= 11 is 6.18. The molecule has 0 saturated carbocycles. The molecule has 9 heteroatoms. The first-order chi connectivity index (χ1) is 12.5. The van der Waals surface area contributed by atoms with Crippen LogP contribution in [0.15, 0.2) is 49.7 Å². The smallest absolute Gasteiger partial charge is 0.291 e. The number of aromatic nitrogens is 1. The van der Waals surface area contributed by atoms with Crippen LogP contribution in [0.25, 0.3) is 0 Å². The van der Waals surface area contributed by atoms with Gasteiger partial charge in [0, 0.05) is 11.3 Å². The van der Waals surface area contributed by atoms with Gasteiger partial charge in [-0.05, 0) is 59.4 Å². The molecule has 0 aliphatic heterocycles. The highest BCUT2D eigenvalue weighted by molar-refractivity contribution is 9.10. The molecule has 0 radical (unpaired) electrons. The zero-order valence-corrected chi connectivity index (χ0v) is 17.0. The zero-order chi connectivity index (χ0) is 18.7. The van der Waals surface area contributed by atoms with E-state index in [1.54, 1.807) is 48.2 Å². The third-order valence-electron chi connectivity index (χ3n) is 3.34. The molecule has 2 heterocycles. The molecule has 6 nitrogen and oxygen atoms in total. The molecule has 0 unspecified atom stereocenters. The molecule has 3 rings (SSSR count). The van der Waals surface area contributed by atoms with Crippen molar-refractivity contribution in [3.63, 3.8) is 0 Å². The average Bonchev–Trinajstić information content (AvgIpc) is 3.20. The highest BCUT2D eigenvalue weighted by atomic mass is 79.9. The van der Waals surface area contributed by atoms with Crippen LogP contribution in [-0.2, 0) is 0 Å². The second kappa shape index (κ2) is 8.07. The highest BCUT2D eigenvalue weighted by Crippen LogP contribution is 2.30. The van der Waals surface area contributed by atoms with Gasteiger partial charge >= 0.3 is 0 Å². The number of hydrogen-bond acceptors (Lipinski definition) is 6. The average molecular weight is 452 g/mol. The van der Waals surface area contributed by atoms with Crippen molar-refractivity contribution < 1.29 is 14.0 Å². The van der Waals surface area contributed by atoms with Gasteiger partial charge in [-0.1, -0.05) is 17.4 Å². The van der Waals surface area contributed by atoms with Crippen LogP contribution in [0, 0.1) is 6.92 Å². The molecule has 2 amide bonds. The Balaban J connectivity index is 1.71. The number of rotatable bonds is 5. The monoisotopic (exact) mass is 451 g/mol. The van der Waals surface area contributed by atoms with Crippen molar-refractivity contribution in [3.05, 3.63) is 58.1 Å². The van der Waals surface area contributed by atoms with Gasteiger partial charge in [0.1, 0.15) is 0 Å². The third-order valence-corrected chi connectivity index (χ3v) is 6.05. The summed E-state index contributed by atoms with van der Waals surface area (Å²) in [7, 11) is 0. The molecular weight excluding hydrogens is 438 g/mol. The summed E-state index contributed by atoms with van der Waals surface area (Å²) in [5.74, 6) is -0.508. The molecule has 1 aromatic carbocycles. The van der Waals surface area contributed by atoms with Crippen molar-refractivity contribution in [3.8, 4) is 0 Å². The molecule has 0 aliphatic rings. The molecule has 26 heavy (non-hydrogen) atoms. The summed E-state index contributed by atoms with van der Waals surface area (Å²) in [4.78, 5) is 28.9. The Bertz CT molecular complexity index is 968. The van der Waals surface area contributed by atoms with Crippen LogP contribution >= 0.6 is 39.0 Å². The summed E-state index contributed by atoms with van der Waals surface area (Å²) < 4.78 is 6.75. The molecule has 0 bridgehead atoms. The summed E-state index contributed by atoms with van der Waals surface area (Å²) in [6.45, 7) is 1.90. The van der Waals surface area contributed by atoms with E-state index in [0.717, 1.165) is 9.90 Å². The topological polar surface area (TPSA) is 84.2 Å².